The molecule has 2 aromatic heterocycles. The summed E-state index contributed by atoms with van der Waals surface area (Å²) in [4.78, 5) is 22.5. The van der Waals surface area contributed by atoms with Gasteiger partial charge in [0.15, 0.2) is 0 Å². The maximum Gasteiger partial charge on any atom is 0.364 e. The molecule has 0 atom stereocenters. The summed E-state index contributed by atoms with van der Waals surface area (Å²) in [6.45, 7) is 0. The fourth-order valence-electron chi connectivity index (χ4n) is 1.04. The van der Waals surface area contributed by atoms with Crippen LogP contribution >= 0.6 is 0 Å². The molecule has 0 aliphatic heterocycles. The van der Waals surface area contributed by atoms with E-state index in [9.17, 15) is 9.59 Å². The normalized spacial score (nSPS) is 10.7. The van der Waals surface area contributed by atoms with Gasteiger partial charge >= 0.3 is 11.9 Å². The van der Waals surface area contributed by atoms with E-state index in [1.165, 1.54) is 0 Å². The van der Waals surface area contributed by atoms with E-state index >= 15 is 0 Å². The Morgan fingerprint density at radius 2 is 1.25 bits per heavy atom. The number of azo groups is 1. The molecule has 2 aromatic rings. The summed E-state index contributed by atoms with van der Waals surface area (Å²) in [6.07, 6.45) is 0. The number of hydrogen-bond acceptors (Lipinski definition) is 12. The summed E-state index contributed by atoms with van der Waals surface area (Å²) in [5.74, 6) is -2.13. The second-order valence-electron chi connectivity index (χ2n) is 3.06. The van der Waals surface area contributed by atoms with Crippen LogP contribution in [0.4, 0.5) is 11.6 Å². The zero-order valence-corrected chi connectivity index (χ0v) is 10.1. The molecule has 0 fully saturated rings. The molecule has 104 valence electrons. The average Bonchev–Trinajstić information content (AvgIpc) is 3.11. The second-order valence-corrected chi connectivity index (χ2v) is 3.06. The van der Waals surface area contributed by atoms with Crippen molar-refractivity contribution < 1.29 is 28.3 Å². The van der Waals surface area contributed by atoms with Crippen LogP contribution in [0.5, 0.6) is 0 Å². The van der Waals surface area contributed by atoms with Gasteiger partial charge in [0.2, 0.25) is 11.4 Å². The van der Waals surface area contributed by atoms with Crippen molar-refractivity contribution in [2.45, 2.75) is 0 Å². The number of carbonyl (C=O) groups excluding carboxylic acids is 2. The molecule has 0 N–H and O–H groups in total. The Bertz CT molecular complexity index is 604. The first-order valence-corrected chi connectivity index (χ1v) is 4.90. The summed E-state index contributed by atoms with van der Waals surface area (Å²) in [5.41, 5.74) is -0.570. The molecule has 0 saturated carbocycles. The fraction of sp³-hybridized carbons (Fsp3) is 0.250. The Labute approximate surface area is 109 Å². The highest BCUT2D eigenvalue weighted by Gasteiger charge is 2.21. The minimum atomic E-state index is -0.813. The number of hydrogen-bond donors (Lipinski definition) is 0. The van der Waals surface area contributed by atoms with Crippen LogP contribution < -0.4 is 0 Å². The molecule has 0 bridgehead atoms. The lowest BCUT2D eigenvalue weighted by Gasteiger charge is -1.92. The van der Waals surface area contributed by atoms with Crippen LogP contribution in [-0.4, -0.2) is 46.8 Å². The molecule has 0 aliphatic carbocycles. The van der Waals surface area contributed by atoms with Gasteiger partial charge < -0.3 is 9.47 Å². The molecule has 2 heterocycles. The minimum Gasteiger partial charge on any atom is -0.464 e. The van der Waals surface area contributed by atoms with Crippen molar-refractivity contribution in [1.82, 2.24) is 20.6 Å². The van der Waals surface area contributed by atoms with E-state index in [2.05, 4.69) is 49.6 Å². The largest absolute Gasteiger partial charge is 0.464 e. The Balaban J connectivity index is 2.27. The maximum absolute atomic E-state index is 11.3. The number of methoxy groups -OCH3 is 2. The Hall–Kier alpha value is -3.18. The van der Waals surface area contributed by atoms with Crippen LogP contribution in [0.1, 0.15) is 21.0 Å². The van der Waals surface area contributed by atoms with Gasteiger partial charge in [-0.1, -0.05) is 0 Å². The van der Waals surface area contributed by atoms with Crippen LogP contribution in [-0.2, 0) is 9.47 Å². The Kier molecular flexibility index (Phi) is 3.74. The van der Waals surface area contributed by atoms with Gasteiger partial charge in [0.25, 0.3) is 11.6 Å². The summed E-state index contributed by atoms with van der Waals surface area (Å²) in [7, 11) is 2.30. The van der Waals surface area contributed by atoms with Crippen LogP contribution in [0, 0.1) is 0 Å². The number of rotatable bonds is 4. The standard InChI is InChI=1S/C8H6N6O6/c1-17-7(15)3-5(13-19-11-3)9-10-6-4(8(16)18-2)12-20-14-6/h1-2H3. The van der Waals surface area contributed by atoms with E-state index in [4.69, 9.17) is 0 Å². The summed E-state index contributed by atoms with van der Waals surface area (Å²) >= 11 is 0. The van der Waals surface area contributed by atoms with Gasteiger partial charge in [-0.3, -0.25) is 0 Å². The summed E-state index contributed by atoms with van der Waals surface area (Å²) < 4.78 is 17.5. The molecule has 0 aliphatic rings. The van der Waals surface area contributed by atoms with Crippen LogP contribution in [0.3, 0.4) is 0 Å². The highest BCUT2D eigenvalue weighted by Crippen LogP contribution is 2.20. The smallest absolute Gasteiger partial charge is 0.364 e. The first-order chi connectivity index (χ1) is 9.67. The molecule has 0 amide bonds. The molecule has 0 aromatic carbocycles. The van der Waals surface area contributed by atoms with E-state index in [0.717, 1.165) is 14.2 Å². The first-order valence-electron chi connectivity index (χ1n) is 4.90. The molecular formula is C8H6N6O6. The lowest BCUT2D eigenvalue weighted by molar-refractivity contribution is 0.0579. The molecular weight excluding hydrogens is 276 g/mol. The van der Waals surface area contributed by atoms with Gasteiger partial charge in [0.05, 0.1) is 14.2 Å². The van der Waals surface area contributed by atoms with Crippen LogP contribution in [0.15, 0.2) is 19.5 Å². The molecule has 12 nitrogen and oxygen atoms in total. The van der Waals surface area contributed by atoms with Gasteiger partial charge in [-0.25, -0.2) is 18.8 Å². The number of aromatic nitrogens is 4. The molecule has 0 spiro atoms. The third-order valence-electron chi connectivity index (χ3n) is 1.94. The SMILES string of the molecule is COC(=O)c1nonc1N=Nc1nonc1C(=O)OC. The van der Waals surface area contributed by atoms with Gasteiger partial charge in [-0.15, -0.1) is 10.2 Å². The van der Waals surface area contributed by atoms with Gasteiger partial charge in [0, 0.05) is 0 Å². The molecule has 12 heteroatoms. The maximum atomic E-state index is 11.3. The van der Waals surface area contributed by atoms with Crippen molar-refractivity contribution in [2.75, 3.05) is 14.2 Å². The monoisotopic (exact) mass is 282 g/mol. The molecule has 0 unspecified atom stereocenters. The van der Waals surface area contributed by atoms with Gasteiger partial charge in [-0.05, 0) is 20.6 Å². The van der Waals surface area contributed by atoms with E-state index in [0.29, 0.717) is 0 Å². The van der Waals surface area contributed by atoms with Gasteiger partial charge in [0.1, 0.15) is 0 Å². The number of nitrogens with zero attached hydrogens (tertiary/aromatic N) is 6. The zero-order chi connectivity index (χ0) is 14.5. The van der Waals surface area contributed by atoms with Crippen molar-refractivity contribution in [3.05, 3.63) is 11.4 Å². The average molecular weight is 282 g/mol. The first kappa shape index (κ1) is 13.3. The van der Waals surface area contributed by atoms with Crippen molar-refractivity contribution in [1.29, 1.82) is 0 Å². The summed E-state index contributed by atoms with van der Waals surface area (Å²) in [5, 5.41) is 20.3. The van der Waals surface area contributed by atoms with Crippen molar-refractivity contribution >= 4 is 23.6 Å². The fourth-order valence-corrected chi connectivity index (χ4v) is 1.04. The second kappa shape index (κ2) is 5.64. The lowest BCUT2D eigenvalue weighted by atomic mass is 10.4. The minimum absolute atomic E-state index is 0.254. The van der Waals surface area contributed by atoms with E-state index in [1.807, 2.05) is 0 Å². The Morgan fingerprint density at radius 3 is 1.60 bits per heavy atom. The van der Waals surface area contributed by atoms with E-state index in [1.54, 1.807) is 0 Å². The predicted octanol–water partition coefficient (Wildman–Crippen LogP) is 0.441. The zero-order valence-electron chi connectivity index (χ0n) is 10.1. The van der Waals surface area contributed by atoms with E-state index < -0.39 is 11.9 Å². The topological polar surface area (TPSA) is 155 Å². The van der Waals surface area contributed by atoms with E-state index in [-0.39, 0.29) is 23.0 Å². The highest BCUT2D eigenvalue weighted by molar-refractivity contribution is 5.92. The predicted molar refractivity (Wildman–Crippen MR) is 55.5 cm³/mol. The van der Waals surface area contributed by atoms with Crippen molar-refractivity contribution in [3.8, 4) is 0 Å². The quantitative estimate of drug-likeness (QED) is 0.569. The van der Waals surface area contributed by atoms with Crippen molar-refractivity contribution in [2.24, 2.45) is 10.2 Å². The molecule has 20 heavy (non-hydrogen) atoms. The summed E-state index contributed by atoms with van der Waals surface area (Å²) in [6, 6.07) is 0. The van der Waals surface area contributed by atoms with Crippen LogP contribution in [0.2, 0.25) is 0 Å². The Morgan fingerprint density at radius 1 is 0.850 bits per heavy atom. The molecule has 2 rings (SSSR count). The van der Waals surface area contributed by atoms with Gasteiger partial charge in [-0.2, -0.15) is 0 Å². The van der Waals surface area contributed by atoms with Crippen molar-refractivity contribution in [3.63, 3.8) is 0 Å². The third kappa shape index (κ3) is 2.47. The highest BCUT2D eigenvalue weighted by atomic mass is 16.6. The number of ether oxygens (including phenoxy) is 2. The number of carbonyl (C=O) groups is 2. The number of esters is 2. The molecule has 0 radical (unpaired) electrons. The molecule has 0 saturated heterocycles. The lowest BCUT2D eigenvalue weighted by Crippen LogP contribution is -2.02. The van der Waals surface area contributed by atoms with Crippen LogP contribution in [0.25, 0.3) is 0 Å². The third-order valence-corrected chi connectivity index (χ3v) is 1.94.